The SMILES string of the molecule is Nc1ccc2c(n1)OCc1[nH]ncc1-2. The highest BCUT2D eigenvalue weighted by atomic mass is 16.5. The van der Waals surface area contributed by atoms with E-state index in [2.05, 4.69) is 15.2 Å². The number of nitrogen functional groups attached to an aromatic ring is 1. The number of aromatic amines is 1. The van der Waals surface area contributed by atoms with Gasteiger partial charge < -0.3 is 10.5 Å². The molecule has 1 aliphatic rings. The molecule has 3 rings (SSSR count). The summed E-state index contributed by atoms with van der Waals surface area (Å²) in [5.74, 6) is 1.05. The van der Waals surface area contributed by atoms with E-state index in [0.29, 0.717) is 18.3 Å². The van der Waals surface area contributed by atoms with Gasteiger partial charge in [-0.25, -0.2) is 0 Å². The predicted octanol–water partition coefficient (Wildman–Crippen LogP) is 0.946. The van der Waals surface area contributed by atoms with Crippen molar-refractivity contribution in [2.45, 2.75) is 6.61 Å². The Balaban J connectivity index is 2.26. The summed E-state index contributed by atoms with van der Waals surface area (Å²) >= 11 is 0. The van der Waals surface area contributed by atoms with Gasteiger partial charge in [-0.15, -0.1) is 0 Å². The first-order valence-electron chi connectivity index (χ1n) is 4.26. The average Bonchev–Trinajstić information content (AvgIpc) is 2.65. The second-order valence-electron chi connectivity index (χ2n) is 3.14. The van der Waals surface area contributed by atoms with Crippen LogP contribution in [-0.4, -0.2) is 15.2 Å². The van der Waals surface area contributed by atoms with E-state index in [9.17, 15) is 0 Å². The Morgan fingerprint density at radius 1 is 1.36 bits per heavy atom. The van der Waals surface area contributed by atoms with Gasteiger partial charge in [0.1, 0.15) is 12.4 Å². The lowest BCUT2D eigenvalue weighted by atomic mass is 10.1. The highest BCUT2D eigenvalue weighted by molar-refractivity contribution is 5.72. The smallest absolute Gasteiger partial charge is 0.223 e. The molecule has 1 aliphatic heterocycles. The standard InChI is InChI=1S/C9H8N4O/c10-8-2-1-5-6-3-11-13-7(6)4-14-9(5)12-8/h1-3H,4H2,(H2,10,12)(H,11,13). The zero-order valence-electron chi connectivity index (χ0n) is 7.32. The van der Waals surface area contributed by atoms with Crippen LogP contribution >= 0.6 is 0 Å². The summed E-state index contributed by atoms with van der Waals surface area (Å²) in [6, 6.07) is 3.65. The van der Waals surface area contributed by atoms with Gasteiger partial charge in [-0.3, -0.25) is 5.10 Å². The van der Waals surface area contributed by atoms with Gasteiger partial charge in [0.05, 0.1) is 11.9 Å². The second-order valence-corrected chi connectivity index (χ2v) is 3.14. The number of nitrogens with two attached hydrogens (primary N) is 1. The minimum Gasteiger partial charge on any atom is -0.471 e. The molecule has 0 bridgehead atoms. The van der Waals surface area contributed by atoms with Crippen molar-refractivity contribution in [3.05, 3.63) is 24.0 Å². The number of hydrogen-bond donors (Lipinski definition) is 2. The number of nitrogens with one attached hydrogen (secondary N) is 1. The fraction of sp³-hybridized carbons (Fsp3) is 0.111. The summed E-state index contributed by atoms with van der Waals surface area (Å²) in [5.41, 5.74) is 8.52. The molecule has 70 valence electrons. The van der Waals surface area contributed by atoms with Crippen molar-refractivity contribution < 1.29 is 4.74 Å². The molecule has 14 heavy (non-hydrogen) atoms. The van der Waals surface area contributed by atoms with Gasteiger partial charge in [-0.2, -0.15) is 10.1 Å². The Hall–Kier alpha value is -2.04. The fourth-order valence-electron chi connectivity index (χ4n) is 1.57. The van der Waals surface area contributed by atoms with E-state index < -0.39 is 0 Å². The summed E-state index contributed by atoms with van der Waals surface area (Å²) in [6.45, 7) is 0.471. The van der Waals surface area contributed by atoms with Crippen molar-refractivity contribution in [1.82, 2.24) is 15.2 Å². The van der Waals surface area contributed by atoms with Crippen LogP contribution in [-0.2, 0) is 6.61 Å². The highest BCUT2D eigenvalue weighted by Crippen LogP contribution is 2.35. The molecule has 0 aromatic carbocycles. The van der Waals surface area contributed by atoms with Gasteiger partial charge in [0.2, 0.25) is 5.88 Å². The summed E-state index contributed by atoms with van der Waals surface area (Å²) in [5, 5.41) is 6.84. The van der Waals surface area contributed by atoms with Crippen molar-refractivity contribution >= 4 is 5.82 Å². The van der Waals surface area contributed by atoms with Crippen LogP contribution in [0.3, 0.4) is 0 Å². The van der Waals surface area contributed by atoms with E-state index >= 15 is 0 Å². The normalized spacial score (nSPS) is 12.9. The molecule has 3 heterocycles. The van der Waals surface area contributed by atoms with Crippen LogP contribution in [0.1, 0.15) is 5.69 Å². The number of rotatable bonds is 0. The maximum atomic E-state index is 5.56. The molecule has 0 aliphatic carbocycles. The molecule has 0 radical (unpaired) electrons. The number of H-pyrrole nitrogens is 1. The van der Waals surface area contributed by atoms with Crippen LogP contribution in [0.15, 0.2) is 18.3 Å². The molecule has 2 aromatic rings. The maximum Gasteiger partial charge on any atom is 0.223 e. The molecular formula is C9H8N4O. The molecule has 0 saturated carbocycles. The molecule has 0 fully saturated rings. The number of ether oxygens (including phenoxy) is 1. The molecule has 3 N–H and O–H groups in total. The average molecular weight is 188 g/mol. The minimum atomic E-state index is 0.468. The number of anilines is 1. The Kier molecular flexibility index (Phi) is 1.30. The lowest BCUT2D eigenvalue weighted by molar-refractivity contribution is 0.286. The fourth-order valence-corrected chi connectivity index (χ4v) is 1.57. The quantitative estimate of drug-likeness (QED) is 0.645. The Morgan fingerprint density at radius 2 is 2.29 bits per heavy atom. The minimum absolute atomic E-state index is 0.468. The maximum absolute atomic E-state index is 5.56. The van der Waals surface area contributed by atoms with E-state index in [1.54, 1.807) is 12.3 Å². The third-order valence-corrected chi connectivity index (χ3v) is 2.24. The topological polar surface area (TPSA) is 76.8 Å². The first-order valence-corrected chi connectivity index (χ1v) is 4.26. The lowest BCUT2D eigenvalue weighted by Crippen LogP contribution is -2.07. The molecule has 5 nitrogen and oxygen atoms in total. The molecule has 0 atom stereocenters. The van der Waals surface area contributed by atoms with Crippen molar-refractivity contribution in [3.8, 4) is 17.0 Å². The van der Waals surface area contributed by atoms with Gasteiger partial charge in [0, 0.05) is 11.1 Å². The zero-order valence-corrected chi connectivity index (χ0v) is 7.32. The largest absolute Gasteiger partial charge is 0.471 e. The molecule has 0 saturated heterocycles. The monoisotopic (exact) mass is 188 g/mol. The van der Waals surface area contributed by atoms with Crippen molar-refractivity contribution in [3.63, 3.8) is 0 Å². The van der Waals surface area contributed by atoms with Gasteiger partial charge in [-0.05, 0) is 12.1 Å². The first-order chi connectivity index (χ1) is 6.84. The highest BCUT2D eigenvalue weighted by Gasteiger charge is 2.19. The second kappa shape index (κ2) is 2.47. The van der Waals surface area contributed by atoms with Gasteiger partial charge in [0.15, 0.2) is 0 Å². The number of aromatic nitrogens is 3. The lowest BCUT2D eigenvalue weighted by Gasteiger charge is -2.15. The van der Waals surface area contributed by atoms with E-state index in [-0.39, 0.29) is 0 Å². The van der Waals surface area contributed by atoms with Crippen molar-refractivity contribution in [2.75, 3.05) is 5.73 Å². The third-order valence-electron chi connectivity index (χ3n) is 2.24. The third kappa shape index (κ3) is 0.891. The van der Waals surface area contributed by atoms with Crippen molar-refractivity contribution in [2.24, 2.45) is 0 Å². The van der Waals surface area contributed by atoms with E-state index in [4.69, 9.17) is 10.5 Å². The van der Waals surface area contributed by atoms with Gasteiger partial charge >= 0.3 is 0 Å². The van der Waals surface area contributed by atoms with Crippen LogP contribution in [0.25, 0.3) is 11.1 Å². The van der Waals surface area contributed by atoms with Gasteiger partial charge in [-0.1, -0.05) is 0 Å². The zero-order chi connectivity index (χ0) is 9.54. The summed E-state index contributed by atoms with van der Waals surface area (Å²) in [4.78, 5) is 4.11. The number of nitrogens with zero attached hydrogens (tertiary/aromatic N) is 2. The Morgan fingerprint density at radius 3 is 3.21 bits per heavy atom. The van der Waals surface area contributed by atoms with Gasteiger partial charge in [0.25, 0.3) is 0 Å². The van der Waals surface area contributed by atoms with E-state index in [0.717, 1.165) is 16.8 Å². The number of hydrogen-bond acceptors (Lipinski definition) is 4. The van der Waals surface area contributed by atoms with Crippen molar-refractivity contribution in [1.29, 1.82) is 0 Å². The molecule has 0 unspecified atom stereocenters. The van der Waals surface area contributed by atoms with Crippen LogP contribution in [0.4, 0.5) is 5.82 Å². The van der Waals surface area contributed by atoms with Crippen LogP contribution in [0, 0.1) is 0 Å². The number of fused-ring (bicyclic) bond motifs is 3. The molecule has 2 aromatic heterocycles. The summed E-state index contributed by atoms with van der Waals surface area (Å²) < 4.78 is 5.43. The Bertz CT molecular complexity index is 491. The molecule has 0 amide bonds. The molecule has 0 spiro atoms. The molecular weight excluding hydrogens is 180 g/mol. The van der Waals surface area contributed by atoms with Crippen LogP contribution in [0.2, 0.25) is 0 Å². The summed E-state index contributed by atoms with van der Waals surface area (Å²) in [7, 11) is 0. The first kappa shape index (κ1) is 7.37. The number of pyridine rings is 1. The summed E-state index contributed by atoms with van der Waals surface area (Å²) in [6.07, 6.45) is 1.77. The predicted molar refractivity (Wildman–Crippen MR) is 50.6 cm³/mol. The molecule has 5 heteroatoms. The van der Waals surface area contributed by atoms with Crippen LogP contribution in [0.5, 0.6) is 5.88 Å². The van der Waals surface area contributed by atoms with E-state index in [1.807, 2.05) is 6.07 Å². The van der Waals surface area contributed by atoms with E-state index in [1.165, 1.54) is 0 Å². The Labute approximate surface area is 79.9 Å². The van der Waals surface area contributed by atoms with Crippen LogP contribution < -0.4 is 10.5 Å².